The van der Waals surface area contributed by atoms with Crippen molar-refractivity contribution >= 4 is 29.5 Å². The van der Waals surface area contributed by atoms with E-state index < -0.39 is 17.8 Å². The van der Waals surface area contributed by atoms with Gasteiger partial charge < -0.3 is 44.3 Å². The van der Waals surface area contributed by atoms with E-state index in [0.717, 1.165) is 31.2 Å². The highest BCUT2D eigenvalue weighted by molar-refractivity contribution is 5.87. The number of aliphatic hydroxyl groups is 1. The lowest BCUT2D eigenvalue weighted by Gasteiger charge is -2.17. The first kappa shape index (κ1) is 48.9. The average Bonchev–Trinajstić information content (AvgIpc) is 3.21. The summed E-state index contributed by atoms with van der Waals surface area (Å²) in [5.41, 5.74) is 5.55. The van der Waals surface area contributed by atoms with Crippen LogP contribution in [-0.4, -0.2) is 121 Å². The van der Waals surface area contributed by atoms with E-state index in [2.05, 4.69) is 40.4 Å². The number of Topliss-reactive ketones (excluding diaryl/α,β-unsaturated/α-hetero) is 1. The Balaban J connectivity index is 1.66. The summed E-state index contributed by atoms with van der Waals surface area (Å²) in [4.78, 5) is 67.3. The number of hydrogen-bond donors (Lipinski definition) is 4. The topological polar surface area (TPSA) is 197 Å². The number of methoxy groups -OCH3 is 1. The Kier molecular flexibility index (Phi) is 28.1. The molecule has 0 saturated carbocycles. The van der Waals surface area contributed by atoms with Gasteiger partial charge in [0.1, 0.15) is 13.2 Å². The van der Waals surface area contributed by atoms with Gasteiger partial charge in [-0.15, -0.1) is 0 Å². The molecule has 2 rings (SSSR count). The van der Waals surface area contributed by atoms with E-state index >= 15 is 0 Å². The lowest BCUT2D eigenvalue weighted by atomic mass is 9.95. The van der Waals surface area contributed by atoms with Crippen molar-refractivity contribution in [2.75, 3.05) is 86.3 Å². The number of carbonyl (C=O) groups excluding carboxylic acids is 5. The highest BCUT2D eigenvalue weighted by Gasteiger charge is 2.22. The molecule has 15 heteroatoms. The summed E-state index contributed by atoms with van der Waals surface area (Å²) in [6.45, 7) is 2.31. The van der Waals surface area contributed by atoms with Gasteiger partial charge in [-0.3, -0.25) is 19.2 Å². The zero-order chi connectivity index (χ0) is 41.2. The summed E-state index contributed by atoms with van der Waals surface area (Å²) in [5, 5.41) is 14.2. The van der Waals surface area contributed by atoms with E-state index in [-0.39, 0.29) is 96.1 Å². The molecule has 1 atom stereocenters. The second kappa shape index (κ2) is 32.8. The molecule has 15 nitrogen and oxygen atoms in total. The van der Waals surface area contributed by atoms with E-state index in [0.29, 0.717) is 45.6 Å². The van der Waals surface area contributed by atoms with Crippen LogP contribution in [0.4, 0.5) is 0 Å². The Labute approximate surface area is 336 Å². The molecule has 2 aromatic carbocycles. The molecule has 0 fully saturated rings. The number of carbonyl (C=O) groups is 5. The molecule has 0 spiro atoms. The van der Waals surface area contributed by atoms with Gasteiger partial charge in [0.25, 0.3) is 5.91 Å². The average molecular weight is 802 g/mol. The first-order valence-corrected chi connectivity index (χ1v) is 19.9. The summed E-state index contributed by atoms with van der Waals surface area (Å²) >= 11 is 0. The lowest BCUT2D eigenvalue weighted by Crippen LogP contribution is -2.34. The number of aliphatic hydroxyl groups excluding tert-OH is 1. The number of aryl methyl sites for hydroxylation is 2. The van der Waals surface area contributed by atoms with Gasteiger partial charge in [0, 0.05) is 39.0 Å². The third-order valence-electron chi connectivity index (χ3n) is 8.60. The number of nitrogens with one attached hydrogen (secondary N) is 3. The van der Waals surface area contributed by atoms with Gasteiger partial charge in [-0.05, 0) is 61.6 Å². The van der Waals surface area contributed by atoms with Gasteiger partial charge in [0.15, 0.2) is 5.78 Å². The minimum Gasteiger partial charge on any atom is -0.394 e. The minimum absolute atomic E-state index is 0.0273. The van der Waals surface area contributed by atoms with Crippen molar-refractivity contribution in [1.82, 2.24) is 16.1 Å². The van der Waals surface area contributed by atoms with Crippen LogP contribution in [0.5, 0.6) is 0 Å². The molecule has 0 aliphatic rings. The normalized spacial score (nSPS) is 11.5. The largest absolute Gasteiger partial charge is 0.394 e. The molecule has 0 radical (unpaired) electrons. The van der Waals surface area contributed by atoms with Gasteiger partial charge in [-0.1, -0.05) is 61.0 Å². The van der Waals surface area contributed by atoms with Crippen LogP contribution in [-0.2, 0) is 71.8 Å². The summed E-state index contributed by atoms with van der Waals surface area (Å²) < 4.78 is 25.9. The van der Waals surface area contributed by atoms with Crippen LogP contribution in [0.1, 0.15) is 68.1 Å². The molecule has 0 aliphatic carbocycles. The highest BCUT2D eigenvalue weighted by Crippen LogP contribution is 2.15. The van der Waals surface area contributed by atoms with Crippen LogP contribution in [0.25, 0.3) is 0 Å². The summed E-state index contributed by atoms with van der Waals surface area (Å²) in [6, 6.07) is 18.3. The van der Waals surface area contributed by atoms with Crippen molar-refractivity contribution in [3.05, 3.63) is 71.3 Å². The molecule has 4 N–H and O–H groups in total. The first-order chi connectivity index (χ1) is 27.8. The predicted octanol–water partition coefficient (Wildman–Crippen LogP) is 2.83. The Bertz CT molecular complexity index is 1390. The van der Waals surface area contributed by atoms with Crippen LogP contribution in [0, 0.1) is 5.92 Å². The van der Waals surface area contributed by atoms with Gasteiger partial charge in [-0.2, -0.15) is 5.48 Å². The maximum atomic E-state index is 13.1. The van der Waals surface area contributed by atoms with E-state index in [9.17, 15) is 24.0 Å². The first-order valence-electron chi connectivity index (χ1n) is 19.9. The number of ketones is 1. The number of amides is 3. The standard InChI is InChI=1S/C42H63N3O12/c1-52-24-25-54-27-28-55-32-38(47)31-37(14-7-8-20-43-40(49)33-56-29-26-53-23-22-46)42(51)44-21-9-15-41(50)57-45-39(48)30-36-18-16-35(17-19-36)13-6-5-12-34-10-3-2-4-11-34/h2-4,10-11,16-19,37,46H,5-9,12-15,20-33H2,1H3,(H,43,49)(H,44,51)(H,45,48). The van der Waals surface area contributed by atoms with Crippen molar-refractivity contribution < 1.29 is 57.6 Å². The number of unbranched alkanes of at least 4 members (excludes halogenated alkanes) is 2. The smallest absolute Gasteiger partial charge is 0.332 e. The molecule has 3 amide bonds. The molecular formula is C42H63N3O12. The number of hydroxylamine groups is 1. The molecule has 1 unspecified atom stereocenters. The molecule has 2 aromatic rings. The minimum atomic E-state index is -0.638. The molecule has 0 aliphatic heterocycles. The predicted molar refractivity (Wildman–Crippen MR) is 212 cm³/mol. The maximum Gasteiger partial charge on any atom is 0.332 e. The fourth-order valence-electron chi connectivity index (χ4n) is 5.55. The highest BCUT2D eigenvalue weighted by atomic mass is 16.7. The van der Waals surface area contributed by atoms with Crippen molar-refractivity contribution in [3.63, 3.8) is 0 Å². The van der Waals surface area contributed by atoms with Gasteiger partial charge >= 0.3 is 5.97 Å². The van der Waals surface area contributed by atoms with Crippen LogP contribution in [0.15, 0.2) is 54.6 Å². The molecule has 318 valence electrons. The zero-order valence-electron chi connectivity index (χ0n) is 33.5. The molecule has 0 bridgehead atoms. The Morgan fingerprint density at radius 1 is 0.632 bits per heavy atom. The van der Waals surface area contributed by atoms with E-state index in [1.54, 1.807) is 7.11 Å². The number of ether oxygens (including phenoxy) is 5. The Morgan fingerprint density at radius 3 is 1.95 bits per heavy atom. The van der Waals surface area contributed by atoms with Gasteiger partial charge in [0.05, 0.1) is 59.3 Å². The molecule has 0 heterocycles. The molecule has 57 heavy (non-hydrogen) atoms. The zero-order valence-corrected chi connectivity index (χ0v) is 33.5. The van der Waals surface area contributed by atoms with Crippen molar-refractivity contribution in [2.45, 2.75) is 70.6 Å². The monoisotopic (exact) mass is 801 g/mol. The summed E-state index contributed by atoms with van der Waals surface area (Å²) in [5.74, 6) is -2.56. The third kappa shape index (κ3) is 26.3. The van der Waals surface area contributed by atoms with Crippen LogP contribution in [0.2, 0.25) is 0 Å². The van der Waals surface area contributed by atoms with Gasteiger partial charge in [0.2, 0.25) is 11.8 Å². The second-order valence-corrected chi connectivity index (χ2v) is 13.4. The maximum absolute atomic E-state index is 13.1. The number of hydrogen-bond acceptors (Lipinski definition) is 12. The number of benzene rings is 2. The van der Waals surface area contributed by atoms with Crippen LogP contribution < -0.4 is 16.1 Å². The summed E-state index contributed by atoms with van der Waals surface area (Å²) in [7, 11) is 1.57. The third-order valence-corrected chi connectivity index (χ3v) is 8.60. The van der Waals surface area contributed by atoms with Crippen LogP contribution >= 0.6 is 0 Å². The molecule has 0 saturated heterocycles. The molecular weight excluding hydrogens is 738 g/mol. The van der Waals surface area contributed by atoms with Crippen molar-refractivity contribution in [2.24, 2.45) is 5.92 Å². The Morgan fingerprint density at radius 2 is 1.25 bits per heavy atom. The van der Waals surface area contributed by atoms with E-state index in [4.69, 9.17) is 33.6 Å². The summed E-state index contributed by atoms with van der Waals surface area (Å²) in [6.07, 6.45) is 6.00. The Hall–Kier alpha value is -4.25. The van der Waals surface area contributed by atoms with Gasteiger partial charge in [-0.25, -0.2) is 4.79 Å². The van der Waals surface area contributed by atoms with Crippen molar-refractivity contribution in [3.8, 4) is 0 Å². The second-order valence-electron chi connectivity index (χ2n) is 13.4. The van der Waals surface area contributed by atoms with E-state index in [1.807, 2.05) is 30.3 Å². The fourth-order valence-corrected chi connectivity index (χ4v) is 5.55. The quantitative estimate of drug-likeness (QED) is 0.0598. The molecule has 0 aromatic heterocycles. The van der Waals surface area contributed by atoms with E-state index in [1.165, 1.54) is 11.1 Å². The lowest BCUT2D eigenvalue weighted by molar-refractivity contribution is -0.158. The fraction of sp³-hybridized carbons (Fsp3) is 0.595. The van der Waals surface area contributed by atoms with Crippen LogP contribution in [0.3, 0.4) is 0 Å². The van der Waals surface area contributed by atoms with Crippen molar-refractivity contribution in [1.29, 1.82) is 0 Å². The number of rotatable bonds is 34. The SMILES string of the molecule is COCCOCCOCC(=O)CC(CCCCNC(=O)COCCOCCO)C(=O)NCCCC(=O)ONC(=O)Cc1ccc(CCCCc2ccccc2)cc1.